The van der Waals surface area contributed by atoms with Crippen LogP contribution in [0.15, 0.2) is 66.0 Å². The monoisotopic (exact) mass is 407 g/mol. The van der Waals surface area contributed by atoms with Crippen molar-refractivity contribution in [2.75, 3.05) is 20.2 Å². The third kappa shape index (κ3) is 3.01. The second kappa shape index (κ2) is 6.93. The smallest absolute Gasteiger partial charge is 0.221 e. The van der Waals surface area contributed by atoms with Gasteiger partial charge in [0.15, 0.2) is 9.84 Å². The molecular weight excluding hydrogens is 386 g/mol. The number of pyridine rings is 2. The molecule has 2 aliphatic heterocycles. The Morgan fingerprint density at radius 3 is 2.79 bits per heavy atom. The standard InChI is InChI=1S/C22H21N3O3S/c1-28-22-17(5-3-9-24-22)16-6-7-20-18(10-16)19-13-25(14-21(19)29(20,26)27)12-15-4-2-8-23-11-15/h2-11,19,21H,12-14H2,1H3/t19-,21+/m0/s1. The summed E-state index contributed by atoms with van der Waals surface area (Å²) in [4.78, 5) is 11.1. The molecule has 1 fully saturated rings. The summed E-state index contributed by atoms with van der Waals surface area (Å²) in [7, 11) is -1.74. The number of methoxy groups -OCH3 is 1. The molecule has 0 amide bonds. The summed E-state index contributed by atoms with van der Waals surface area (Å²) in [5.41, 5.74) is 3.80. The number of aromatic nitrogens is 2. The Balaban J connectivity index is 1.50. The fourth-order valence-electron chi connectivity index (χ4n) is 4.55. The molecule has 0 N–H and O–H groups in total. The van der Waals surface area contributed by atoms with Crippen LogP contribution in [0.3, 0.4) is 0 Å². The molecule has 0 bridgehead atoms. The number of ether oxygens (including phenoxy) is 1. The molecule has 0 radical (unpaired) electrons. The van der Waals surface area contributed by atoms with Gasteiger partial charge in [0.25, 0.3) is 0 Å². The van der Waals surface area contributed by atoms with E-state index >= 15 is 0 Å². The Morgan fingerprint density at radius 2 is 2.00 bits per heavy atom. The minimum Gasteiger partial charge on any atom is -0.481 e. The van der Waals surface area contributed by atoms with Crippen molar-refractivity contribution in [2.24, 2.45) is 0 Å². The van der Waals surface area contributed by atoms with Gasteiger partial charge in [-0.2, -0.15) is 0 Å². The molecule has 0 spiro atoms. The van der Waals surface area contributed by atoms with Crippen LogP contribution in [0.2, 0.25) is 0 Å². The summed E-state index contributed by atoms with van der Waals surface area (Å²) in [5, 5.41) is -0.389. The van der Waals surface area contributed by atoms with E-state index in [9.17, 15) is 8.42 Å². The van der Waals surface area contributed by atoms with Crippen LogP contribution in [0, 0.1) is 0 Å². The Hall–Kier alpha value is -2.77. The number of benzene rings is 1. The number of hydrogen-bond donors (Lipinski definition) is 0. The van der Waals surface area contributed by atoms with Gasteiger partial charge in [0.2, 0.25) is 5.88 Å². The van der Waals surface area contributed by atoms with Crippen molar-refractivity contribution in [1.82, 2.24) is 14.9 Å². The Morgan fingerprint density at radius 1 is 1.14 bits per heavy atom. The molecule has 2 aromatic heterocycles. The predicted octanol–water partition coefficient (Wildman–Crippen LogP) is 2.91. The lowest BCUT2D eigenvalue weighted by atomic mass is 9.95. The zero-order valence-corrected chi connectivity index (χ0v) is 16.8. The summed E-state index contributed by atoms with van der Waals surface area (Å²) in [6.07, 6.45) is 5.27. The number of rotatable bonds is 4. The van der Waals surface area contributed by atoms with Crippen molar-refractivity contribution in [3.05, 3.63) is 72.2 Å². The van der Waals surface area contributed by atoms with Gasteiger partial charge < -0.3 is 4.74 Å². The SMILES string of the molecule is COc1ncccc1-c1ccc2c(c1)[C@@H]1CN(Cc3cccnc3)C[C@H]1S2(=O)=O. The first kappa shape index (κ1) is 18.3. The zero-order chi connectivity index (χ0) is 20.0. The summed E-state index contributed by atoms with van der Waals surface area (Å²) in [6, 6.07) is 13.3. The van der Waals surface area contributed by atoms with Gasteiger partial charge in [0.05, 0.1) is 17.3 Å². The first-order valence-electron chi connectivity index (χ1n) is 9.56. The van der Waals surface area contributed by atoms with Crippen molar-refractivity contribution in [3.63, 3.8) is 0 Å². The van der Waals surface area contributed by atoms with E-state index in [1.54, 1.807) is 25.6 Å². The van der Waals surface area contributed by atoms with Gasteiger partial charge in [-0.1, -0.05) is 12.1 Å². The van der Waals surface area contributed by atoms with Crippen molar-refractivity contribution in [3.8, 4) is 17.0 Å². The normalized spacial score (nSPS) is 22.2. The van der Waals surface area contributed by atoms with Gasteiger partial charge in [-0.05, 0) is 47.0 Å². The van der Waals surface area contributed by atoms with Crippen LogP contribution in [0.1, 0.15) is 17.0 Å². The second-order valence-electron chi connectivity index (χ2n) is 7.56. The van der Waals surface area contributed by atoms with Crippen LogP contribution >= 0.6 is 0 Å². The predicted molar refractivity (Wildman–Crippen MR) is 109 cm³/mol. The Labute approximate surface area is 170 Å². The van der Waals surface area contributed by atoms with Crippen LogP contribution in [0.5, 0.6) is 5.88 Å². The van der Waals surface area contributed by atoms with E-state index < -0.39 is 9.84 Å². The minimum absolute atomic E-state index is 0.0192. The van der Waals surface area contributed by atoms with Crippen molar-refractivity contribution >= 4 is 9.84 Å². The fourth-order valence-corrected chi connectivity index (χ4v) is 6.74. The molecule has 148 valence electrons. The average Bonchev–Trinajstić information content (AvgIpc) is 3.26. The molecule has 3 aromatic rings. The van der Waals surface area contributed by atoms with Crippen LogP contribution in [0.4, 0.5) is 0 Å². The molecule has 1 saturated heterocycles. The first-order chi connectivity index (χ1) is 14.1. The van der Waals surface area contributed by atoms with Crippen LogP contribution in [0.25, 0.3) is 11.1 Å². The van der Waals surface area contributed by atoms with E-state index in [4.69, 9.17) is 4.74 Å². The van der Waals surface area contributed by atoms with Crippen molar-refractivity contribution in [1.29, 1.82) is 0 Å². The summed E-state index contributed by atoms with van der Waals surface area (Å²) in [6.45, 7) is 1.98. The molecular formula is C22H21N3O3S. The third-order valence-corrected chi connectivity index (χ3v) is 8.12. The molecule has 1 aromatic carbocycles. The lowest BCUT2D eigenvalue weighted by Crippen LogP contribution is -2.25. The number of sulfone groups is 1. The lowest BCUT2D eigenvalue weighted by Gasteiger charge is -2.17. The summed E-state index contributed by atoms with van der Waals surface area (Å²) in [5.74, 6) is 0.517. The van der Waals surface area contributed by atoms with E-state index in [1.807, 2.05) is 42.6 Å². The molecule has 2 aliphatic rings. The van der Waals surface area contributed by atoms with E-state index in [-0.39, 0.29) is 11.2 Å². The molecule has 4 heterocycles. The van der Waals surface area contributed by atoms with Gasteiger partial charge in [-0.25, -0.2) is 13.4 Å². The van der Waals surface area contributed by atoms with Crippen LogP contribution in [-0.2, 0) is 16.4 Å². The molecule has 0 unspecified atom stereocenters. The van der Waals surface area contributed by atoms with Crippen LogP contribution < -0.4 is 4.74 Å². The number of likely N-dealkylation sites (tertiary alicyclic amines) is 1. The van der Waals surface area contributed by atoms with Crippen molar-refractivity contribution < 1.29 is 13.2 Å². The molecule has 29 heavy (non-hydrogen) atoms. The molecule has 0 aliphatic carbocycles. The van der Waals surface area contributed by atoms with Gasteiger partial charge in [-0.15, -0.1) is 0 Å². The summed E-state index contributed by atoms with van der Waals surface area (Å²) < 4.78 is 31.7. The maximum atomic E-state index is 13.2. The fraction of sp³-hybridized carbons (Fsp3) is 0.273. The highest BCUT2D eigenvalue weighted by atomic mass is 32.2. The van der Waals surface area contributed by atoms with E-state index in [2.05, 4.69) is 14.9 Å². The van der Waals surface area contributed by atoms with Crippen molar-refractivity contribution in [2.45, 2.75) is 22.6 Å². The van der Waals surface area contributed by atoms with E-state index in [0.717, 1.165) is 28.8 Å². The molecule has 7 heteroatoms. The summed E-state index contributed by atoms with van der Waals surface area (Å²) >= 11 is 0. The zero-order valence-electron chi connectivity index (χ0n) is 16.0. The topological polar surface area (TPSA) is 72.4 Å². The first-order valence-corrected chi connectivity index (χ1v) is 11.1. The number of hydrogen-bond acceptors (Lipinski definition) is 6. The largest absolute Gasteiger partial charge is 0.481 e. The minimum atomic E-state index is -3.33. The molecule has 0 saturated carbocycles. The quantitative estimate of drug-likeness (QED) is 0.662. The lowest BCUT2D eigenvalue weighted by molar-refractivity contribution is 0.325. The highest BCUT2D eigenvalue weighted by Crippen LogP contribution is 2.46. The Kier molecular flexibility index (Phi) is 4.37. The maximum Gasteiger partial charge on any atom is 0.221 e. The third-order valence-electron chi connectivity index (χ3n) is 5.86. The van der Waals surface area contributed by atoms with E-state index in [1.165, 1.54) is 0 Å². The number of fused-ring (bicyclic) bond motifs is 3. The average molecular weight is 407 g/mol. The number of nitrogens with zero attached hydrogens (tertiary/aromatic N) is 3. The Bertz CT molecular complexity index is 1160. The second-order valence-corrected chi connectivity index (χ2v) is 9.69. The van der Waals surface area contributed by atoms with Gasteiger partial charge in [0.1, 0.15) is 0 Å². The van der Waals surface area contributed by atoms with Gasteiger partial charge in [-0.3, -0.25) is 9.88 Å². The maximum absolute atomic E-state index is 13.2. The highest BCUT2D eigenvalue weighted by Gasteiger charge is 2.50. The van der Waals surface area contributed by atoms with Gasteiger partial charge in [0, 0.05) is 49.7 Å². The highest BCUT2D eigenvalue weighted by molar-refractivity contribution is 7.92. The molecule has 5 rings (SSSR count). The molecule has 2 atom stereocenters. The van der Waals surface area contributed by atoms with Gasteiger partial charge >= 0.3 is 0 Å². The van der Waals surface area contributed by atoms with Crippen LogP contribution in [-0.4, -0.2) is 48.7 Å². The molecule has 6 nitrogen and oxygen atoms in total. The van der Waals surface area contributed by atoms with E-state index in [0.29, 0.717) is 23.9 Å².